The van der Waals surface area contributed by atoms with Crippen LogP contribution >= 0.6 is 0 Å². The molecule has 0 spiro atoms. The van der Waals surface area contributed by atoms with Gasteiger partial charge in [-0.1, -0.05) is 53.7 Å². The second kappa shape index (κ2) is 8.72. The number of rotatable bonds is 7. The Balaban J connectivity index is 3.07. The molecule has 1 rings (SSSR count). The lowest BCUT2D eigenvalue weighted by molar-refractivity contribution is -0.119. The van der Waals surface area contributed by atoms with Gasteiger partial charge in [-0.15, -0.1) is 0 Å². The molecule has 1 atom stereocenters. The second-order valence-electron chi connectivity index (χ2n) is 10.7. The molecule has 1 unspecified atom stereocenters. The Bertz CT molecular complexity index is 656. The highest BCUT2D eigenvalue weighted by atomic mass is 28.4. The van der Waals surface area contributed by atoms with Crippen molar-refractivity contribution in [1.82, 2.24) is 5.32 Å². The van der Waals surface area contributed by atoms with Crippen molar-refractivity contribution in [1.29, 1.82) is 0 Å². The summed E-state index contributed by atoms with van der Waals surface area (Å²) in [5.41, 5.74) is 1.07. The van der Waals surface area contributed by atoms with Crippen molar-refractivity contribution in [3.8, 4) is 5.75 Å². The van der Waals surface area contributed by atoms with Crippen molar-refractivity contribution >= 4 is 22.5 Å². The van der Waals surface area contributed by atoms with E-state index in [9.17, 15) is 4.79 Å². The van der Waals surface area contributed by atoms with E-state index >= 15 is 0 Å². The molecular weight excluding hydrogens is 382 g/mol. The third-order valence-electron chi connectivity index (χ3n) is 6.21. The molecule has 0 radical (unpaired) electrons. The molecule has 1 aromatic rings. The summed E-state index contributed by atoms with van der Waals surface area (Å²) in [5, 5.41) is 3.19. The number of amides is 1. The van der Waals surface area contributed by atoms with Crippen LogP contribution in [0.1, 0.15) is 60.1 Å². The van der Waals surface area contributed by atoms with E-state index in [2.05, 4.69) is 85.2 Å². The zero-order chi connectivity index (χ0) is 22.0. The molecule has 0 aliphatic heterocycles. The highest BCUT2D eigenvalue weighted by Gasteiger charge is 2.40. The van der Waals surface area contributed by atoms with Crippen molar-refractivity contribution in [3.63, 3.8) is 0 Å². The maximum absolute atomic E-state index is 11.5. The Hall–Kier alpha value is -1.12. The average Bonchev–Trinajstić information content (AvgIpc) is 2.49. The molecule has 1 amide bonds. The summed E-state index contributed by atoms with van der Waals surface area (Å²) in [6.45, 7) is 24.4. The van der Waals surface area contributed by atoms with Gasteiger partial charge in [-0.25, -0.2) is 0 Å². The molecule has 1 aromatic carbocycles. The first-order valence-electron chi connectivity index (χ1n) is 10.2. The molecule has 0 fully saturated rings. The van der Waals surface area contributed by atoms with Crippen LogP contribution in [0, 0.1) is 0 Å². The van der Waals surface area contributed by atoms with Gasteiger partial charge in [-0.3, -0.25) is 4.79 Å². The predicted octanol–water partition coefficient (Wildman–Crippen LogP) is 6.27. The molecule has 0 saturated carbocycles. The van der Waals surface area contributed by atoms with E-state index in [0.717, 1.165) is 11.3 Å². The third kappa shape index (κ3) is 6.74. The van der Waals surface area contributed by atoms with E-state index in [-0.39, 0.29) is 22.1 Å². The zero-order valence-corrected chi connectivity index (χ0v) is 21.8. The van der Waals surface area contributed by atoms with E-state index < -0.39 is 16.6 Å². The Morgan fingerprint density at radius 1 is 0.929 bits per heavy atom. The van der Waals surface area contributed by atoms with Crippen LogP contribution in [0.5, 0.6) is 5.75 Å². The van der Waals surface area contributed by atoms with Crippen LogP contribution in [-0.4, -0.2) is 29.1 Å². The fourth-order valence-corrected chi connectivity index (χ4v) is 4.51. The van der Waals surface area contributed by atoms with Crippen LogP contribution in [0.3, 0.4) is 0 Å². The second-order valence-corrected chi connectivity index (χ2v) is 20.2. The molecule has 0 aromatic heterocycles. The summed E-state index contributed by atoms with van der Waals surface area (Å²) in [5.74, 6) is 0.864. The molecular formula is C22H41NO3Si2. The highest BCUT2D eigenvalue weighted by Crippen LogP contribution is 2.40. The first-order chi connectivity index (χ1) is 12.5. The van der Waals surface area contributed by atoms with Gasteiger partial charge >= 0.3 is 0 Å². The van der Waals surface area contributed by atoms with Crippen molar-refractivity contribution in [2.24, 2.45) is 0 Å². The molecule has 160 valence electrons. The minimum Gasteiger partial charge on any atom is -0.544 e. The summed E-state index contributed by atoms with van der Waals surface area (Å²) >= 11 is 0. The summed E-state index contributed by atoms with van der Waals surface area (Å²) in [7, 11) is -3.84. The molecule has 0 bridgehead atoms. The Morgan fingerprint density at radius 2 is 1.39 bits per heavy atom. The third-order valence-corrected chi connectivity index (χ3v) is 15.1. The number of carbonyl (C=O) groups is 1. The lowest BCUT2D eigenvalue weighted by Gasteiger charge is -2.39. The van der Waals surface area contributed by atoms with Crippen LogP contribution in [-0.2, 0) is 9.22 Å². The van der Waals surface area contributed by atoms with Crippen molar-refractivity contribution in [2.75, 3.05) is 6.54 Å². The van der Waals surface area contributed by atoms with Crippen molar-refractivity contribution in [3.05, 3.63) is 29.8 Å². The van der Waals surface area contributed by atoms with E-state index in [1.165, 1.54) is 0 Å². The maximum atomic E-state index is 11.5. The fourth-order valence-electron chi connectivity index (χ4n) is 2.19. The van der Waals surface area contributed by atoms with Crippen molar-refractivity contribution in [2.45, 2.75) is 90.8 Å². The van der Waals surface area contributed by atoms with Gasteiger partial charge in [0.15, 0.2) is 8.32 Å². The summed E-state index contributed by atoms with van der Waals surface area (Å²) in [6.07, 6.45) is -0.160. The van der Waals surface area contributed by atoms with Gasteiger partial charge in [0.05, 0.1) is 6.10 Å². The molecule has 28 heavy (non-hydrogen) atoms. The minimum atomic E-state index is -1.98. The Kier molecular flexibility index (Phi) is 7.76. The average molecular weight is 424 g/mol. The summed E-state index contributed by atoms with van der Waals surface area (Å²) in [4.78, 5) is 11.5. The van der Waals surface area contributed by atoms with Gasteiger partial charge in [0.1, 0.15) is 5.75 Å². The van der Waals surface area contributed by atoms with Gasteiger partial charge in [0.2, 0.25) is 14.2 Å². The summed E-state index contributed by atoms with van der Waals surface area (Å²) < 4.78 is 13.0. The molecule has 4 nitrogen and oxygen atoms in total. The van der Waals surface area contributed by atoms with E-state index in [1.807, 2.05) is 12.1 Å². The molecule has 0 aliphatic rings. The lowest BCUT2D eigenvalue weighted by Crippen LogP contribution is -2.44. The van der Waals surface area contributed by atoms with Crippen LogP contribution in [0.2, 0.25) is 36.3 Å². The lowest BCUT2D eigenvalue weighted by atomic mass is 10.1. The molecule has 0 saturated heterocycles. The van der Waals surface area contributed by atoms with Gasteiger partial charge in [0.25, 0.3) is 0 Å². The standard InChI is InChI=1S/C22H41NO3Si2/c1-17(24)23-16-20(26-28(10,11)22(5,6)7)18-12-14-19(15-13-18)25-27(8,9)21(2,3)4/h12-15,20H,16H2,1-11H3,(H,23,24). The van der Waals surface area contributed by atoms with E-state index in [4.69, 9.17) is 8.85 Å². The van der Waals surface area contributed by atoms with Gasteiger partial charge in [-0.05, 0) is 54.0 Å². The van der Waals surface area contributed by atoms with Crippen LogP contribution in [0.25, 0.3) is 0 Å². The highest BCUT2D eigenvalue weighted by molar-refractivity contribution is 6.75. The predicted molar refractivity (Wildman–Crippen MR) is 124 cm³/mol. The smallest absolute Gasteiger partial charge is 0.250 e. The van der Waals surface area contributed by atoms with Crippen molar-refractivity contribution < 1.29 is 13.6 Å². The van der Waals surface area contributed by atoms with Crippen LogP contribution in [0.4, 0.5) is 0 Å². The minimum absolute atomic E-state index is 0.0401. The number of benzene rings is 1. The Morgan fingerprint density at radius 3 is 1.79 bits per heavy atom. The largest absolute Gasteiger partial charge is 0.544 e. The normalized spacial score (nSPS) is 14.5. The fraction of sp³-hybridized carbons (Fsp3) is 0.682. The molecule has 0 aliphatic carbocycles. The first-order valence-corrected chi connectivity index (χ1v) is 16.0. The van der Waals surface area contributed by atoms with Crippen LogP contribution < -0.4 is 9.74 Å². The Labute approximate surface area is 174 Å². The topological polar surface area (TPSA) is 47.6 Å². The SMILES string of the molecule is CC(=O)NCC(O[Si](C)(C)C(C)(C)C)c1ccc(O[Si](C)(C)C(C)(C)C)cc1. The van der Waals surface area contributed by atoms with E-state index in [0.29, 0.717) is 6.54 Å². The molecule has 1 N–H and O–H groups in total. The van der Waals surface area contributed by atoms with Gasteiger partial charge in [0, 0.05) is 13.5 Å². The van der Waals surface area contributed by atoms with Gasteiger partial charge in [-0.2, -0.15) is 0 Å². The quantitative estimate of drug-likeness (QED) is 0.526. The summed E-state index contributed by atoms with van der Waals surface area (Å²) in [6, 6.07) is 8.21. The number of nitrogens with one attached hydrogen (secondary N) is 1. The maximum Gasteiger partial charge on any atom is 0.250 e. The number of hydrogen-bond donors (Lipinski definition) is 1. The molecule has 6 heteroatoms. The number of carbonyl (C=O) groups excluding carboxylic acids is 1. The monoisotopic (exact) mass is 423 g/mol. The van der Waals surface area contributed by atoms with Gasteiger partial charge < -0.3 is 14.2 Å². The first kappa shape index (κ1) is 24.9. The molecule has 0 heterocycles. The van der Waals surface area contributed by atoms with Crippen LogP contribution in [0.15, 0.2) is 24.3 Å². The number of hydrogen-bond acceptors (Lipinski definition) is 3. The zero-order valence-electron chi connectivity index (χ0n) is 19.8. The van der Waals surface area contributed by atoms with E-state index in [1.54, 1.807) is 6.92 Å².